The highest BCUT2D eigenvalue weighted by atomic mass is 19.3. The Balaban J connectivity index is 1.38. The molecule has 0 amide bonds. The number of hydrogen-bond acceptors (Lipinski definition) is 5. The van der Waals surface area contributed by atoms with Crippen LogP contribution in [-0.2, 0) is 9.53 Å². The van der Waals surface area contributed by atoms with E-state index in [1.54, 1.807) is 12.1 Å². The molecule has 0 saturated heterocycles. The molecule has 28 heavy (non-hydrogen) atoms. The number of carboxylic acid groups (broad SMARTS) is 1. The molecule has 1 aromatic carbocycles. The first-order valence-electron chi connectivity index (χ1n) is 9.75. The highest BCUT2D eigenvalue weighted by Gasteiger charge is 2.60. The van der Waals surface area contributed by atoms with Crippen molar-refractivity contribution in [3.63, 3.8) is 0 Å². The van der Waals surface area contributed by atoms with Gasteiger partial charge in [-0.25, -0.2) is 4.79 Å². The Morgan fingerprint density at radius 3 is 2.57 bits per heavy atom. The molecule has 0 spiro atoms. The summed E-state index contributed by atoms with van der Waals surface area (Å²) < 4.78 is 36.6. The van der Waals surface area contributed by atoms with Gasteiger partial charge in [-0.3, -0.25) is 0 Å². The zero-order valence-corrected chi connectivity index (χ0v) is 15.7. The molecule has 0 heterocycles. The van der Waals surface area contributed by atoms with Crippen LogP contribution >= 0.6 is 0 Å². The number of carbonyl (C=O) groups is 2. The molecule has 0 N–H and O–H groups in total. The third-order valence-corrected chi connectivity index (χ3v) is 6.88. The molecule has 3 fully saturated rings. The number of ether oxygens (including phenoxy) is 2. The first-order chi connectivity index (χ1) is 13.2. The number of halogens is 2. The van der Waals surface area contributed by atoms with Gasteiger partial charge in [-0.1, -0.05) is 6.42 Å². The summed E-state index contributed by atoms with van der Waals surface area (Å²) in [6.45, 7) is 0.604. The second kappa shape index (κ2) is 6.71. The van der Waals surface area contributed by atoms with Crippen molar-refractivity contribution in [2.24, 2.45) is 23.7 Å². The maximum atomic E-state index is 13.0. The molecule has 0 aliphatic heterocycles. The molecule has 2 bridgehead atoms. The van der Waals surface area contributed by atoms with Gasteiger partial charge in [0.2, 0.25) is 0 Å². The van der Waals surface area contributed by atoms with E-state index in [9.17, 15) is 23.5 Å². The topological polar surface area (TPSA) is 75.7 Å². The summed E-state index contributed by atoms with van der Waals surface area (Å²) >= 11 is 0. The van der Waals surface area contributed by atoms with Crippen LogP contribution in [0.4, 0.5) is 8.78 Å². The molecular formula is C21H23F2O5-. The lowest BCUT2D eigenvalue weighted by Gasteiger charge is -2.40. The Morgan fingerprint density at radius 1 is 1.21 bits per heavy atom. The fourth-order valence-electron chi connectivity index (χ4n) is 5.73. The fourth-order valence-corrected chi connectivity index (χ4v) is 5.73. The van der Waals surface area contributed by atoms with Crippen molar-refractivity contribution in [3.8, 4) is 5.75 Å². The van der Waals surface area contributed by atoms with Crippen LogP contribution in [0, 0.1) is 23.7 Å². The summed E-state index contributed by atoms with van der Waals surface area (Å²) in [6, 6.07) is 6.11. The molecule has 0 radical (unpaired) electrons. The van der Waals surface area contributed by atoms with Crippen molar-refractivity contribution >= 4 is 11.9 Å². The molecule has 1 aromatic rings. The van der Waals surface area contributed by atoms with Crippen LogP contribution in [0.25, 0.3) is 0 Å². The molecule has 3 aliphatic rings. The standard InChI is InChI=1S/C21H24F2O5/c1-20(10-13-9-17(20)16-4-2-3-15(13)16)28-14-7-5-12(6-8-14)18(24)27-11-21(22,23)19(25)26/h5-8,13,15-17H,2-4,9-11H2,1H3,(H,25,26)/p-1. The van der Waals surface area contributed by atoms with E-state index < -0.39 is 24.5 Å². The Labute approximate surface area is 162 Å². The molecule has 5 atom stereocenters. The summed E-state index contributed by atoms with van der Waals surface area (Å²) in [4.78, 5) is 22.1. The lowest BCUT2D eigenvalue weighted by molar-refractivity contribution is -0.331. The van der Waals surface area contributed by atoms with Crippen LogP contribution in [0.1, 0.15) is 49.4 Å². The van der Waals surface area contributed by atoms with E-state index >= 15 is 0 Å². The molecule has 7 heteroatoms. The maximum absolute atomic E-state index is 13.0. The second-order valence-electron chi connectivity index (χ2n) is 8.57. The monoisotopic (exact) mass is 393 g/mol. The average Bonchev–Trinajstić information content (AvgIpc) is 3.32. The molecule has 3 saturated carbocycles. The van der Waals surface area contributed by atoms with Crippen LogP contribution in [0.3, 0.4) is 0 Å². The van der Waals surface area contributed by atoms with Gasteiger partial charge in [0.15, 0.2) is 6.61 Å². The minimum absolute atomic E-state index is 0.0513. The van der Waals surface area contributed by atoms with Gasteiger partial charge in [-0.15, -0.1) is 0 Å². The average molecular weight is 393 g/mol. The number of aliphatic carboxylic acids is 1. The van der Waals surface area contributed by atoms with Gasteiger partial charge in [0.05, 0.1) is 5.56 Å². The first-order valence-corrected chi connectivity index (χ1v) is 9.75. The second-order valence-corrected chi connectivity index (χ2v) is 8.57. The zero-order chi connectivity index (χ0) is 20.1. The van der Waals surface area contributed by atoms with Crippen molar-refractivity contribution in [2.45, 2.75) is 50.6 Å². The van der Waals surface area contributed by atoms with Crippen LogP contribution in [0.2, 0.25) is 0 Å². The SMILES string of the molecule is CC1(Oc2ccc(C(=O)OCC(F)(F)C(=O)[O-])cc2)CC2CC1C1CCCC21. The number of rotatable bonds is 6. The smallest absolute Gasteiger partial charge is 0.338 e. The number of fused-ring (bicyclic) bond motifs is 5. The Bertz CT molecular complexity index is 778. The third kappa shape index (κ3) is 3.25. The summed E-state index contributed by atoms with van der Waals surface area (Å²) in [6.07, 6.45) is 6.21. The maximum Gasteiger partial charge on any atom is 0.338 e. The molecule has 4 rings (SSSR count). The molecule has 5 unspecified atom stereocenters. The van der Waals surface area contributed by atoms with Crippen molar-refractivity contribution in [1.82, 2.24) is 0 Å². The number of alkyl halides is 2. The van der Waals surface area contributed by atoms with Crippen LogP contribution in [0.5, 0.6) is 5.75 Å². The summed E-state index contributed by atoms with van der Waals surface area (Å²) in [5.74, 6) is -4.28. The van der Waals surface area contributed by atoms with Gasteiger partial charge in [0.1, 0.15) is 17.3 Å². The van der Waals surface area contributed by atoms with Gasteiger partial charge in [-0.2, -0.15) is 8.78 Å². The minimum atomic E-state index is -4.22. The van der Waals surface area contributed by atoms with E-state index in [1.165, 1.54) is 37.8 Å². The number of benzene rings is 1. The predicted molar refractivity (Wildman–Crippen MR) is 92.8 cm³/mol. The van der Waals surface area contributed by atoms with Gasteiger partial charge in [0.25, 0.3) is 0 Å². The van der Waals surface area contributed by atoms with Crippen LogP contribution in [-0.4, -0.2) is 30.1 Å². The van der Waals surface area contributed by atoms with E-state index in [1.807, 2.05) is 0 Å². The van der Waals surface area contributed by atoms with Crippen LogP contribution in [0.15, 0.2) is 24.3 Å². The number of carbonyl (C=O) groups excluding carboxylic acids is 2. The van der Waals surface area contributed by atoms with Gasteiger partial charge >= 0.3 is 11.9 Å². The van der Waals surface area contributed by atoms with Crippen molar-refractivity contribution in [2.75, 3.05) is 6.61 Å². The summed E-state index contributed by atoms with van der Waals surface area (Å²) in [7, 11) is 0. The molecule has 3 aliphatic carbocycles. The Hall–Kier alpha value is -2.18. The Morgan fingerprint density at radius 2 is 1.89 bits per heavy atom. The summed E-state index contributed by atoms with van der Waals surface area (Å²) in [5.41, 5.74) is -0.162. The Kier molecular flexibility index (Phi) is 4.59. The first kappa shape index (κ1) is 19.2. The molecule has 152 valence electrons. The normalized spacial score (nSPS) is 33.5. The van der Waals surface area contributed by atoms with E-state index in [4.69, 9.17) is 4.74 Å². The largest absolute Gasteiger partial charge is 0.544 e. The van der Waals surface area contributed by atoms with Crippen molar-refractivity contribution in [1.29, 1.82) is 0 Å². The predicted octanol–water partition coefficient (Wildman–Crippen LogP) is 2.82. The summed E-state index contributed by atoms with van der Waals surface area (Å²) in [5, 5.41) is 10.3. The fraction of sp³-hybridized carbons (Fsp3) is 0.619. The zero-order valence-electron chi connectivity index (χ0n) is 15.7. The lowest BCUT2D eigenvalue weighted by atomic mass is 9.73. The van der Waals surface area contributed by atoms with Gasteiger partial charge < -0.3 is 19.4 Å². The number of esters is 1. The highest BCUT2D eigenvalue weighted by molar-refractivity contribution is 5.89. The highest BCUT2D eigenvalue weighted by Crippen LogP contribution is 2.63. The van der Waals surface area contributed by atoms with Crippen molar-refractivity contribution in [3.05, 3.63) is 29.8 Å². The van der Waals surface area contributed by atoms with Crippen molar-refractivity contribution < 1.29 is 33.0 Å². The van der Waals surface area contributed by atoms with E-state index in [-0.39, 0.29) is 11.2 Å². The third-order valence-electron chi connectivity index (χ3n) is 6.88. The van der Waals surface area contributed by atoms with E-state index in [0.29, 0.717) is 11.7 Å². The van der Waals surface area contributed by atoms with Gasteiger partial charge in [0, 0.05) is 5.92 Å². The van der Waals surface area contributed by atoms with Gasteiger partial charge in [-0.05, 0) is 74.6 Å². The van der Waals surface area contributed by atoms with E-state index in [2.05, 4.69) is 11.7 Å². The van der Waals surface area contributed by atoms with Crippen LogP contribution < -0.4 is 9.84 Å². The quantitative estimate of drug-likeness (QED) is 0.695. The lowest BCUT2D eigenvalue weighted by Crippen LogP contribution is -2.45. The minimum Gasteiger partial charge on any atom is -0.544 e. The molecule has 0 aromatic heterocycles. The molecular weight excluding hydrogens is 370 g/mol. The molecule has 5 nitrogen and oxygen atoms in total. The number of hydrogen-bond donors (Lipinski definition) is 0. The number of carboxylic acids is 1. The van der Waals surface area contributed by atoms with E-state index in [0.717, 1.165) is 24.2 Å².